The van der Waals surface area contributed by atoms with Gasteiger partial charge in [-0.25, -0.2) is 8.78 Å². The zero-order chi connectivity index (χ0) is 74.4. The van der Waals surface area contributed by atoms with Gasteiger partial charge >= 0.3 is 0 Å². The molecule has 9 aromatic rings. The molecule has 0 N–H and O–H groups in total. The molecular weight excluding hydrogens is 1460 g/mol. The van der Waals surface area contributed by atoms with E-state index < -0.39 is 27.8 Å². The lowest BCUT2D eigenvalue weighted by Crippen LogP contribution is -2.56. The molecule has 0 amide bonds. The van der Waals surface area contributed by atoms with Crippen LogP contribution in [-0.2, 0) is 0 Å². The third-order valence-corrected chi connectivity index (χ3v) is 44.1. The zero-order valence-electron chi connectivity index (χ0n) is 67.1. The van der Waals surface area contributed by atoms with E-state index in [-0.39, 0.29) is 0 Å². The quantitative estimate of drug-likeness (QED) is 0.0282. The van der Waals surface area contributed by atoms with E-state index in [0.29, 0.717) is 57.7 Å². The Hall–Kier alpha value is -3.13. The number of fused-ring (bicyclic) bond motifs is 9. The fourth-order valence-electron chi connectivity index (χ4n) is 18.6. The van der Waals surface area contributed by atoms with Gasteiger partial charge in [-0.1, -0.05) is 263 Å². The second-order valence-corrected chi connectivity index (χ2v) is 48.0. The number of nitrogens with zero attached hydrogens (tertiary/aromatic N) is 2. The number of rotatable bonds is 49. The van der Waals surface area contributed by atoms with Gasteiger partial charge in [0.25, 0.3) is 0 Å². The fraction of sp³-hybridized carbons (Fsp3) is 0.644. The molecule has 2 aliphatic rings. The van der Waals surface area contributed by atoms with Crippen molar-refractivity contribution in [3.05, 3.63) is 57.8 Å². The fourth-order valence-corrected chi connectivity index (χ4v) is 42.2. The van der Waals surface area contributed by atoms with Gasteiger partial charge in [-0.05, 0) is 156 Å². The van der Waals surface area contributed by atoms with Crippen LogP contribution in [0.5, 0.6) is 11.5 Å². The molecule has 2 aromatic carbocycles. The Kier molecular flexibility index (Phi) is 31.1. The summed E-state index contributed by atoms with van der Waals surface area (Å²) in [6.45, 7) is 34.4. The molecular formula is C90H130F2N2O2S7Si2. The highest BCUT2D eigenvalue weighted by molar-refractivity contribution is 7.34. The van der Waals surface area contributed by atoms with Crippen LogP contribution in [0.15, 0.2) is 36.4 Å². The van der Waals surface area contributed by atoms with Crippen molar-refractivity contribution in [3.63, 3.8) is 0 Å². The van der Waals surface area contributed by atoms with Gasteiger partial charge in [-0.3, -0.25) is 0 Å². The van der Waals surface area contributed by atoms with Crippen molar-refractivity contribution in [2.24, 2.45) is 35.5 Å². The third-order valence-electron chi connectivity index (χ3n) is 24.9. The molecule has 0 bridgehead atoms. The Morgan fingerprint density at radius 3 is 1.07 bits per heavy atom. The SMILES string of the molecule is CCCCCCC(CCCC)COc1c2cc(-c3cc4c(s3)-c3sc(-c5c(F)c(F)c(-c6cc7c(s6)-c6sc(C)cc6[Si]7(CC(CC)CCCC)CC(CC)CCCC)c6nsnc56)cc3[Si]4(CC(CC)CCCC)CC(CC)CCCC)sc2c(OCC(CCCC)CCCCCC)c2cc(C)sc12. The summed E-state index contributed by atoms with van der Waals surface area (Å²) in [5.74, 6) is 3.97. The summed E-state index contributed by atoms with van der Waals surface area (Å²) < 4.78 is 64.6. The van der Waals surface area contributed by atoms with Crippen molar-refractivity contribution in [2.45, 2.75) is 327 Å². The van der Waals surface area contributed by atoms with Gasteiger partial charge in [-0.2, -0.15) is 8.75 Å². The summed E-state index contributed by atoms with van der Waals surface area (Å²) in [6, 6.07) is 19.8. The van der Waals surface area contributed by atoms with Gasteiger partial charge < -0.3 is 9.47 Å². The van der Waals surface area contributed by atoms with E-state index >= 15 is 8.78 Å². The molecule has 105 heavy (non-hydrogen) atoms. The molecule has 0 saturated carbocycles. The average molecular weight is 1590 g/mol. The molecule has 11 rings (SSSR count). The van der Waals surface area contributed by atoms with Crippen molar-refractivity contribution < 1.29 is 18.3 Å². The van der Waals surface area contributed by atoms with Crippen LogP contribution in [-0.4, -0.2) is 38.1 Å². The van der Waals surface area contributed by atoms with Gasteiger partial charge in [0.1, 0.15) is 38.7 Å². The van der Waals surface area contributed by atoms with Crippen molar-refractivity contribution in [1.82, 2.24) is 8.75 Å². The predicted molar refractivity (Wildman–Crippen MR) is 473 cm³/mol. The van der Waals surface area contributed by atoms with Gasteiger partial charge in [0.2, 0.25) is 0 Å². The lowest BCUT2D eigenvalue weighted by atomic mass is 9.96. The van der Waals surface area contributed by atoms with Crippen LogP contribution in [0.1, 0.15) is 298 Å². The van der Waals surface area contributed by atoms with E-state index in [0.717, 1.165) is 59.0 Å². The number of ether oxygens (including phenoxy) is 2. The molecule has 0 saturated heterocycles. The number of halogens is 2. The summed E-state index contributed by atoms with van der Waals surface area (Å²) in [4.78, 5) is 12.3. The molecule has 15 heteroatoms. The van der Waals surface area contributed by atoms with E-state index in [9.17, 15) is 0 Å². The maximum atomic E-state index is 18.6. The summed E-state index contributed by atoms with van der Waals surface area (Å²) >= 11 is 12.3. The number of aromatic nitrogens is 2. The largest absolute Gasteiger partial charge is 0.491 e. The minimum absolute atomic E-state index is 0.305. The van der Waals surface area contributed by atoms with Crippen LogP contribution in [0.2, 0.25) is 24.2 Å². The van der Waals surface area contributed by atoms with Gasteiger partial charge in [0.15, 0.2) is 11.6 Å². The molecule has 0 radical (unpaired) electrons. The first-order chi connectivity index (χ1) is 51.1. The normalized spacial score (nSPS) is 17.3. The monoisotopic (exact) mass is 1590 g/mol. The Labute approximate surface area is 663 Å². The molecule has 0 aliphatic carbocycles. The van der Waals surface area contributed by atoms with Gasteiger partial charge in [0.05, 0.1) is 45.5 Å². The topological polar surface area (TPSA) is 44.2 Å². The first-order valence-electron chi connectivity index (χ1n) is 42.6. The number of benzene rings is 2. The van der Waals surface area contributed by atoms with Crippen LogP contribution in [0.3, 0.4) is 0 Å². The smallest absolute Gasteiger partial charge is 0.170 e. The molecule has 6 unspecified atom stereocenters. The van der Waals surface area contributed by atoms with Crippen LogP contribution in [0, 0.1) is 61.0 Å². The number of unbranched alkanes of at least 4 members (excludes halogenated alkanes) is 12. The molecule has 0 spiro atoms. The lowest BCUT2D eigenvalue weighted by Gasteiger charge is -2.35. The number of aryl methyl sites for hydroxylation is 2. The van der Waals surface area contributed by atoms with Crippen LogP contribution in [0.25, 0.3) is 81.3 Å². The number of thiophene rings is 6. The molecule has 4 nitrogen and oxygen atoms in total. The summed E-state index contributed by atoms with van der Waals surface area (Å²) in [6.07, 6.45) is 39.1. The molecule has 9 heterocycles. The molecule has 7 aromatic heterocycles. The predicted octanol–water partition coefficient (Wildman–Crippen LogP) is 30.5. The van der Waals surface area contributed by atoms with Gasteiger partial charge in [-0.15, -0.1) is 68.0 Å². The molecule has 0 fully saturated rings. The molecule has 576 valence electrons. The van der Waals surface area contributed by atoms with Crippen LogP contribution < -0.4 is 30.2 Å². The first kappa shape index (κ1) is 82.8. The van der Waals surface area contributed by atoms with Gasteiger partial charge in [0, 0.05) is 59.5 Å². The Bertz CT molecular complexity index is 4100. The van der Waals surface area contributed by atoms with E-state index in [1.54, 1.807) is 33.0 Å². The second kappa shape index (κ2) is 39.4. The standard InChI is InChI=1S/C90H130F2N2O2S7Si2/c1-15-27-35-37-45-65(43-33-21-7)53-95-83-67-47-59(13)97-85(67)84(96-54-66(44-34-22-8)46-38-36-28-16-2)68-49-69(99-86(68)83)70-50-74-89(100-70)90-76(105(74,57-63(25-11)41-31-19-5)58-64(26-12)42-32-20-6)52-72(102-90)78-80(92)79(91)77(81-82(78)94-103-93-81)71-51-75-88(101-71)87-73(48-60(14)98-87)104(75,55-61(23-9)39-29-17-3)56-62(24-10)40-30-18-4/h47-52,61-66H,15-46,53-58H2,1-14H3. The highest BCUT2D eigenvalue weighted by atomic mass is 32.1. The van der Waals surface area contributed by atoms with Crippen LogP contribution in [0.4, 0.5) is 8.78 Å². The Balaban J connectivity index is 1.08. The highest BCUT2D eigenvalue weighted by Crippen LogP contribution is 2.57. The Morgan fingerprint density at radius 2 is 0.667 bits per heavy atom. The van der Waals surface area contributed by atoms with Crippen molar-refractivity contribution >= 4 is 148 Å². The van der Waals surface area contributed by atoms with E-state index in [2.05, 4.69) is 133 Å². The van der Waals surface area contributed by atoms with E-state index in [4.69, 9.17) is 18.2 Å². The maximum absolute atomic E-state index is 18.6. The number of hydrogen-bond donors (Lipinski definition) is 0. The average Bonchev–Trinajstić information content (AvgIpc) is 1.54. The molecule has 6 atom stereocenters. The highest BCUT2D eigenvalue weighted by Gasteiger charge is 2.52. The minimum Gasteiger partial charge on any atom is -0.491 e. The third kappa shape index (κ3) is 18.2. The van der Waals surface area contributed by atoms with Crippen molar-refractivity contribution in [1.29, 1.82) is 0 Å². The van der Waals surface area contributed by atoms with E-state index in [1.807, 2.05) is 45.3 Å². The maximum Gasteiger partial charge on any atom is 0.170 e. The van der Waals surface area contributed by atoms with E-state index in [1.165, 1.54) is 286 Å². The summed E-state index contributed by atoms with van der Waals surface area (Å²) in [7, 11) is -5.05. The molecule has 2 aliphatic heterocycles. The summed E-state index contributed by atoms with van der Waals surface area (Å²) in [5.41, 5.74) is 1.64. The lowest BCUT2D eigenvalue weighted by molar-refractivity contribution is 0.227. The van der Waals surface area contributed by atoms with Crippen LogP contribution >= 0.6 is 79.7 Å². The second-order valence-electron chi connectivity index (χ2n) is 32.6. The first-order valence-corrected chi connectivity index (χ1v) is 53.0. The minimum atomic E-state index is -2.67. The van der Waals surface area contributed by atoms with Crippen molar-refractivity contribution in [3.8, 4) is 61.6 Å². The zero-order valence-corrected chi connectivity index (χ0v) is 74.8. The summed E-state index contributed by atoms with van der Waals surface area (Å²) in [5, 5.41) is 8.57. The van der Waals surface area contributed by atoms with Crippen molar-refractivity contribution in [2.75, 3.05) is 13.2 Å². The number of hydrogen-bond acceptors (Lipinski definition) is 11. The Morgan fingerprint density at radius 1 is 0.343 bits per heavy atom.